The highest BCUT2D eigenvalue weighted by Crippen LogP contribution is 2.29. The maximum atomic E-state index is 5.29. The zero-order chi connectivity index (χ0) is 17.9. The Morgan fingerprint density at radius 1 is 1.23 bits per heavy atom. The van der Waals surface area contributed by atoms with Crippen LogP contribution in [-0.4, -0.2) is 47.7 Å². The van der Waals surface area contributed by atoms with Crippen molar-refractivity contribution in [2.24, 2.45) is 0 Å². The minimum absolute atomic E-state index is 0.438. The molecule has 0 saturated carbocycles. The lowest BCUT2D eigenvalue weighted by molar-refractivity contribution is 0.414. The van der Waals surface area contributed by atoms with Gasteiger partial charge in [-0.15, -0.1) is 0 Å². The van der Waals surface area contributed by atoms with Crippen molar-refractivity contribution in [1.29, 1.82) is 0 Å². The van der Waals surface area contributed by atoms with Crippen LogP contribution in [0.4, 0.5) is 17.6 Å². The fraction of sp³-hybridized carbons (Fsp3) is 0.526. The molecule has 0 spiro atoms. The van der Waals surface area contributed by atoms with Gasteiger partial charge in [0.05, 0.1) is 12.8 Å². The average molecular weight is 354 g/mol. The third kappa shape index (κ3) is 3.58. The highest BCUT2D eigenvalue weighted by Gasteiger charge is 2.26. The van der Waals surface area contributed by atoms with E-state index in [1.807, 2.05) is 12.1 Å². The molecule has 0 bridgehead atoms. The van der Waals surface area contributed by atoms with Crippen molar-refractivity contribution < 1.29 is 4.74 Å². The Balaban J connectivity index is 1.66. The maximum absolute atomic E-state index is 5.29. The second-order valence-corrected chi connectivity index (χ2v) is 7.06. The molecule has 2 fully saturated rings. The van der Waals surface area contributed by atoms with Gasteiger partial charge in [0.1, 0.15) is 17.4 Å². The van der Waals surface area contributed by atoms with E-state index >= 15 is 0 Å². The van der Waals surface area contributed by atoms with Crippen LogP contribution in [0.1, 0.15) is 37.8 Å². The summed E-state index contributed by atoms with van der Waals surface area (Å²) in [4.78, 5) is 16.4. The van der Waals surface area contributed by atoms with Crippen molar-refractivity contribution in [3.63, 3.8) is 0 Å². The minimum Gasteiger partial charge on any atom is -0.497 e. The van der Waals surface area contributed by atoms with Crippen LogP contribution in [-0.2, 0) is 0 Å². The number of rotatable bonds is 5. The van der Waals surface area contributed by atoms with Crippen molar-refractivity contribution >= 4 is 17.6 Å². The van der Waals surface area contributed by atoms with Gasteiger partial charge in [0.25, 0.3) is 0 Å². The number of nitrogens with one attached hydrogen (secondary N) is 2. The fourth-order valence-electron chi connectivity index (χ4n) is 3.73. The largest absolute Gasteiger partial charge is 0.497 e. The first-order chi connectivity index (χ1) is 12.7. The van der Waals surface area contributed by atoms with Crippen LogP contribution in [0.3, 0.4) is 0 Å². The Morgan fingerprint density at radius 2 is 2.15 bits per heavy atom. The summed E-state index contributed by atoms with van der Waals surface area (Å²) in [5.74, 6) is 3.54. The molecule has 7 nitrogen and oxygen atoms in total. The lowest BCUT2D eigenvalue weighted by Gasteiger charge is -2.23. The zero-order valence-electron chi connectivity index (χ0n) is 15.4. The molecule has 0 aromatic carbocycles. The third-order valence-corrected chi connectivity index (χ3v) is 5.25. The first-order valence-corrected chi connectivity index (χ1v) is 9.36. The second kappa shape index (κ2) is 7.45. The lowest BCUT2D eigenvalue weighted by Crippen LogP contribution is -2.29. The van der Waals surface area contributed by atoms with E-state index < -0.39 is 0 Å². The van der Waals surface area contributed by atoms with Crippen LogP contribution < -0.4 is 20.3 Å². The summed E-state index contributed by atoms with van der Waals surface area (Å²) in [6, 6.07) is 6.24. The maximum Gasteiger partial charge on any atom is 0.227 e. The Morgan fingerprint density at radius 3 is 2.88 bits per heavy atom. The normalized spacial score (nSPS) is 22.6. The number of pyridine rings is 1. The summed E-state index contributed by atoms with van der Waals surface area (Å²) >= 11 is 0. The van der Waals surface area contributed by atoms with Crippen molar-refractivity contribution in [3.8, 4) is 5.75 Å². The number of ether oxygens (including phenoxy) is 1. The molecule has 2 aliphatic rings. The van der Waals surface area contributed by atoms with Crippen LogP contribution in [0.25, 0.3) is 0 Å². The standard InChI is InChI=1S/C19H26N6O/c1-13-4-3-9-25(13)19-22-16(14-5-7-20-12-14)11-18(24-19)23-17-10-15(26-2)6-8-21-17/h6,8,10-11,13-14,20H,3-5,7,9,12H2,1-2H3,(H,21,22,23,24). The number of hydrogen-bond acceptors (Lipinski definition) is 7. The number of anilines is 3. The first kappa shape index (κ1) is 17.0. The Hall–Kier alpha value is -2.41. The zero-order valence-corrected chi connectivity index (χ0v) is 15.4. The SMILES string of the molecule is COc1ccnc(Nc2cc(C3CCNC3)nc(N3CCCC3C)n2)c1. The molecule has 4 rings (SSSR count). The summed E-state index contributed by atoms with van der Waals surface area (Å²) in [6.07, 6.45) is 5.23. The molecule has 0 amide bonds. The van der Waals surface area contributed by atoms with E-state index in [0.29, 0.717) is 12.0 Å². The van der Waals surface area contributed by atoms with Crippen molar-refractivity contribution in [2.75, 3.05) is 37.0 Å². The molecule has 7 heteroatoms. The monoisotopic (exact) mass is 354 g/mol. The van der Waals surface area contributed by atoms with Crippen LogP contribution >= 0.6 is 0 Å². The van der Waals surface area contributed by atoms with E-state index in [1.54, 1.807) is 13.3 Å². The van der Waals surface area contributed by atoms with Gasteiger partial charge in [-0.05, 0) is 38.8 Å². The van der Waals surface area contributed by atoms with Gasteiger partial charge in [-0.3, -0.25) is 0 Å². The first-order valence-electron chi connectivity index (χ1n) is 9.36. The van der Waals surface area contributed by atoms with Crippen LogP contribution in [0.5, 0.6) is 5.75 Å². The van der Waals surface area contributed by atoms with Gasteiger partial charge in [-0.1, -0.05) is 0 Å². The Bertz CT molecular complexity index is 761. The summed E-state index contributed by atoms with van der Waals surface area (Å²) in [7, 11) is 1.65. The van der Waals surface area contributed by atoms with E-state index in [1.165, 1.54) is 12.8 Å². The topological polar surface area (TPSA) is 75.2 Å². The molecule has 0 radical (unpaired) electrons. The lowest BCUT2D eigenvalue weighted by atomic mass is 10.0. The quantitative estimate of drug-likeness (QED) is 0.855. The molecule has 2 aliphatic heterocycles. The molecule has 4 heterocycles. The highest BCUT2D eigenvalue weighted by atomic mass is 16.5. The molecular formula is C19H26N6O. The molecule has 2 aromatic heterocycles. The van der Waals surface area contributed by atoms with Crippen molar-refractivity contribution in [1.82, 2.24) is 20.3 Å². The Labute approximate surface area is 154 Å². The van der Waals surface area contributed by atoms with Crippen LogP contribution in [0, 0.1) is 0 Å². The molecule has 138 valence electrons. The summed E-state index contributed by atoms with van der Waals surface area (Å²) in [5.41, 5.74) is 1.10. The molecule has 2 atom stereocenters. The molecule has 2 saturated heterocycles. The minimum atomic E-state index is 0.438. The van der Waals surface area contributed by atoms with Gasteiger partial charge in [0.2, 0.25) is 5.95 Å². The van der Waals surface area contributed by atoms with Gasteiger partial charge in [0, 0.05) is 43.4 Å². The van der Waals surface area contributed by atoms with Crippen LogP contribution in [0.2, 0.25) is 0 Å². The Kier molecular flexibility index (Phi) is 4.88. The van der Waals surface area contributed by atoms with Crippen molar-refractivity contribution in [2.45, 2.75) is 38.1 Å². The number of aromatic nitrogens is 3. The smallest absolute Gasteiger partial charge is 0.227 e. The second-order valence-electron chi connectivity index (χ2n) is 7.06. The predicted octanol–water partition coefficient (Wildman–Crippen LogP) is 2.69. The highest BCUT2D eigenvalue weighted by molar-refractivity contribution is 5.56. The van der Waals surface area contributed by atoms with Crippen molar-refractivity contribution in [3.05, 3.63) is 30.1 Å². The molecule has 0 aliphatic carbocycles. The van der Waals surface area contributed by atoms with Gasteiger partial charge < -0.3 is 20.3 Å². The van der Waals surface area contributed by atoms with Crippen LogP contribution in [0.15, 0.2) is 24.4 Å². The summed E-state index contributed by atoms with van der Waals surface area (Å²) in [5, 5.41) is 6.76. The molecule has 2 unspecified atom stereocenters. The van der Waals surface area contributed by atoms with Gasteiger partial charge in [0.15, 0.2) is 0 Å². The average Bonchev–Trinajstić information content (AvgIpc) is 3.33. The van der Waals surface area contributed by atoms with E-state index in [-0.39, 0.29) is 0 Å². The number of hydrogen-bond donors (Lipinski definition) is 2. The predicted molar refractivity (Wildman–Crippen MR) is 102 cm³/mol. The van der Waals surface area contributed by atoms with E-state index in [4.69, 9.17) is 14.7 Å². The molecule has 2 aromatic rings. The van der Waals surface area contributed by atoms with Gasteiger partial charge in [-0.2, -0.15) is 4.98 Å². The summed E-state index contributed by atoms with van der Waals surface area (Å²) in [6.45, 7) is 5.29. The van der Waals surface area contributed by atoms with E-state index in [2.05, 4.69) is 33.5 Å². The molecule has 2 N–H and O–H groups in total. The molecular weight excluding hydrogens is 328 g/mol. The number of nitrogens with zero attached hydrogens (tertiary/aromatic N) is 4. The number of methoxy groups -OCH3 is 1. The van der Waals surface area contributed by atoms with E-state index in [9.17, 15) is 0 Å². The fourth-order valence-corrected chi connectivity index (χ4v) is 3.73. The van der Waals surface area contributed by atoms with Gasteiger partial charge >= 0.3 is 0 Å². The van der Waals surface area contributed by atoms with Gasteiger partial charge in [-0.25, -0.2) is 9.97 Å². The molecule has 26 heavy (non-hydrogen) atoms. The van der Waals surface area contributed by atoms with E-state index in [0.717, 1.165) is 55.1 Å². The summed E-state index contributed by atoms with van der Waals surface area (Å²) < 4.78 is 5.29. The third-order valence-electron chi connectivity index (χ3n) is 5.25.